The van der Waals surface area contributed by atoms with Crippen LogP contribution in [0, 0.1) is 11.3 Å². The van der Waals surface area contributed by atoms with E-state index in [2.05, 4.69) is 4.74 Å². The molecule has 0 aliphatic carbocycles. The number of esters is 1. The maximum absolute atomic E-state index is 11.3. The standard InChI is InChI=1S/C14H15NO4/c1-14(2)8-10-4-3-5-11(13(10)19-14)18-9-12(16)17-7-6-15/h3-5H,7-9H2,1-2H3. The second kappa shape index (κ2) is 5.19. The number of hydrogen-bond donors (Lipinski definition) is 0. The Bertz CT molecular complexity index is 531. The molecule has 100 valence electrons. The summed E-state index contributed by atoms with van der Waals surface area (Å²) in [5, 5.41) is 8.30. The largest absolute Gasteiger partial charge is 0.483 e. The predicted octanol–water partition coefficient (Wildman–Crippen LogP) is 1.85. The first-order valence-corrected chi connectivity index (χ1v) is 5.98. The molecule has 1 aromatic rings. The molecular weight excluding hydrogens is 246 g/mol. The summed E-state index contributed by atoms with van der Waals surface area (Å²) in [4.78, 5) is 11.3. The molecule has 0 saturated heterocycles. The molecule has 5 heteroatoms. The molecule has 0 unspecified atom stereocenters. The highest BCUT2D eigenvalue weighted by molar-refractivity contribution is 5.71. The molecule has 0 bridgehead atoms. The van der Waals surface area contributed by atoms with Crippen molar-refractivity contribution in [3.63, 3.8) is 0 Å². The molecule has 0 radical (unpaired) electrons. The zero-order chi connectivity index (χ0) is 13.9. The Labute approximate surface area is 111 Å². The van der Waals surface area contributed by atoms with Gasteiger partial charge in [-0.3, -0.25) is 0 Å². The first kappa shape index (κ1) is 13.2. The molecule has 5 nitrogen and oxygen atoms in total. The van der Waals surface area contributed by atoms with E-state index < -0.39 is 5.97 Å². The van der Waals surface area contributed by atoms with Gasteiger partial charge in [-0.05, 0) is 19.9 Å². The maximum atomic E-state index is 11.3. The summed E-state index contributed by atoms with van der Waals surface area (Å²) in [5.74, 6) is 0.633. The summed E-state index contributed by atoms with van der Waals surface area (Å²) in [6.07, 6.45) is 0.804. The summed E-state index contributed by atoms with van der Waals surface area (Å²) in [7, 11) is 0. The van der Waals surface area contributed by atoms with Gasteiger partial charge in [-0.1, -0.05) is 12.1 Å². The van der Waals surface area contributed by atoms with Crippen molar-refractivity contribution in [1.82, 2.24) is 0 Å². The Morgan fingerprint density at radius 2 is 2.32 bits per heavy atom. The van der Waals surface area contributed by atoms with Gasteiger partial charge in [0.2, 0.25) is 0 Å². The first-order valence-electron chi connectivity index (χ1n) is 5.98. The summed E-state index contributed by atoms with van der Waals surface area (Å²) >= 11 is 0. The number of ether oxygens (including phenoxy) is 3. The van der Waals surface area contributed by atoms with E-state index in [9.17, 15) is 4.79 Å². The topological polar surface area (TPSA) is 68.5 Å². The van der Waals surface area contributed by atoms with Crippen LogP contribution in [0.1, 0.15) is 19.4 Å². The highest BCUT2D eigenvalue weighted by atomic mass is 16.6. The number of fused-ring (bicyclic) bond motifs is 1. The van der Waals surface area contributed by atoms with Crippen LogP contribution in [0.5, 0.6) is 11.5 Å². The van der Waals surface area contributed by atoms with E-state index in [0.717, 1.165) is 12.0 Å². The van der Waals surface area contributed by atoms with Gasteiger partial charge in [0.15, 0.2) is 24.7 Å². The van der Waals surface area contributed by atoms with E-state index in [0.29, 0.717) is 11.5 Å². The zero-order valence-corrected chi connectivity index (χ0v) is 10.9. The van der Waals surface area contributed by atoms with Gasteiger partial charge in [0.05, 0.1) is 0 Å². The minimum atomic E-state index is -0.573. The Hall–Kier alpha value is -2.22. The van der Waals surface area contributed by atoms with Crippen molar-refractivity contribution in [2.75, 3.05) is 13.2 Å². The molecule has 1 aliphatic rings. The van der Waals surface area contributed by atoms with Crippen molar-refractivity contribution in [2.24, 2.45) is 0 Å². The second-order valence-corrected chi connectivity index (χ2v) is 4.89. The molecule has 0 N–H and O–H groups in total. The van der Waals surface area contributed by atoms with Gasteiger partial charge in [-0.15, -0.1) is 0 Å². The molecule has 1 aromatic carbocycles. The summed E-state index contributed by atoms with van der Waals surface area (Å²) in [6, 6.07) is 7.31. The van der Waals surface area contributed by atoms with Gasteiger partial charge in [0.25, 0.3) is 0 Å². The molecule has 0 saturated carbocycles. The number of nitriles is 1. The maximum Gasteiger partial charge on any atom is 0.345 e. The van der Waals surface area contributed by atoms with E-state index in [4.69, 9.17) is 14.7 Å². The van der Waals surface area contributed by atoms with Gasteiger partial charge < -0.3 is 14.2 Å². The van der Waals surface area contributed by atoms with Crippen LogP contribution in [-0.2, 0) is 16.0 Å². The van der Waals surface area contributed by atoms with Crippen LogP contribution >= 0.6 is 0 Å². The van der Waals surface area contributed by atoms with Crippen LogP contribution in [0.25, 0.3) is 0 Å². The van der Waals surface area contributed by atoms with Gasteiger partial charge in [0.1, 0.15) is 11.7 Å². The highest BCUT2D eigenvalue weighted by Gasteiger charge is 2.32. The molecule has 1 aliphatic heterocycles. The molecule has 0 fully saturated rings. The lowest BCUT2D eigenvalue weighted by Crippen LogP contribution is -2.24. The van der Waals surface area contributed by atoms with Crippen LogP contribution in [0.3, 0.4) is 0 Å². The molecular formula is C14H15NO4. The molecule has 1 heterocycles. The van der Waals surface area contributed by atoms with Gasteiger partial charge in [-0.25, -0.2) is 4.79 Å². The lowest BCUT2D eigenvalue weighted by molar-refractivity contribution is -0.144. The second-order valence-electron chi connectivity index (χ2n) is 4.89. The number of hydrogen-bond acceptors (Lipinski definition) is 5. The fourth-order valence-electron chi connectivity index (χ4n) is 1.99. The average molecular weight is 261 g/mol. The van der Waals surface area contributed by atoms with Gasteiger partial charge >= 0.3 is 5.97 Å². The Balaban J connectivity index is 2.02. The number of nitrogens with zero attached hydrogens (tertiary/aromatic N) is 1. The highest BCUT2D eigenvalue weighted by Crippen LogP contribution is 2.41. The van der Waals surface area contributed by atoms with Crippen molar-refractivity contribution < 1.29 is 19.0 Å². The van der Waals surface area contributed by atoms with Gasteiger partial charge in [-0.2, -0.15) is 5.26 Å². The van der Waals surface area contributed by atoms with Crippen molar-refractivity contribution in [3.8, 4) is 17.6 Å². The Morgan fingerprint density at radius 3 is 3.05 bits per heavy atom. The van der Waals surface area contributed by atoms with Crippen molar-refractivity contribution in [1.29, 1.82) is 5.26 Å². The van der Waals surface area contributed by atoms with Crippen LogP contribution in [0.2, 0.25) is 0 Å². The number of para-hydroxylation sites is 1. The van der Waals surface area contributed by atoms with Crippen molar-refractivity contribution in [2.45, 2.75) is 25.9 Å². The summed E-state index contributed by atoms with van der Waals surface area (Å²) in [6.45, 7) is 3.50. The fourth-order valence-corrected chi connectivity index (χ4v) is 1.99. The Morgan fingerprint density at radius 1 is 1.53 bits per heavy atom. The number of benzene rings is 1. The first-order chi connectivity index (χ1) is 9.02. The molecule has 0 spiro atoms. The predicted molar refractivity (Wildman–Crippen MR) is 66.9 cm³/mol. The molecule has 0 aromatic heterocycles. The van der Waals surface area contributed by atoms with E-state index >= 15 is 0 Å². The summed E-state index contributed by atoms with van der Waals surface area (Å²) < 4.78 is 15.8. The lowest BCUT2D eigenvalue weighted by atomic mass is 10.0. The van der Waals surface area contributed by atoms with Crippen LogP contribution < -0.4 is 9.47 Å². The third kappa shape index (κ3) is 3.16. The third-order valence-corrected chi connectivity index (χ3v) is 2.70. The zero-order valence-electron chi connectivity index (χ0n) is 10.9. The monoisotopic (exact) mass is 261 g/mol. The molecule has 2 rings (SSSR count). The van der Waals surface area contributed by atoms with Crippen LogP contribution in [0.4, 0.5) is 0 Å². The SMILES string of the molecule is CC1(C)Cc2cccc(OCC(=O)OCC#N)c2O1. The minimum absolute atomic E-state index is 0.234. The normalized spacial score (nSPS) is 15.0. The van der Waals surface area contributed by atoms with E-state index in [1.165, 1.54) is 0 Å². The van der Waals surface area contributed by atoms with E-state index in [-0.39, 0.29) is 18.8 Å². The van der Waals surface area contributed by atoms with Crippen LogP contribution in [0.15, 0.2) is 18.2 Å². The number of carbonyl (C=O) groups is 1. The van der Waals surface area contributed by atoms with E-state index in [1.54, 1.807) is 12.1 Å². The quantitative estimate of drug-likeness (QED) is 0.774. The Kier molecular flexibility index (Phi) is 3.61. The minimum Gasteiger partial charge on any atom is -0.483 e. The third-order valence-electron chi connectivity index (χ3n) is 2.70. The lowest BCUT2D eigenvalue weighted by Gasteiger charge is -2.18. The van der Waals surface area contributed by atoms with Crippen LogP contribution in [-0.4, -0.2) is 24.8 Å². The smallest absolute Gasteiger partial charge is 0.345 e. The van der Waals surface area contributed by atoms with Gasteiger partial charge in [0, 0.05) is 12.0 Å². The molecule has 0 amide bonds. The summed E-state index contributed by atoms with van der Waals surface area (Å²) in [5.41, 5.74) is 0.802. The molecule has 19 heavy (non-hydrogen) atoms. The average Bonchev–Trinajstić information content (AvgIpc) is 2.68. The van der Waals surface area contributed by atoms with Crippen molar-refractivity contribution in [3.05, 3.63) is 23.8 Å². The number of rotatable bonds is 4. The fraction of sp³-hybridized carbons (Fsp3) is 0.429. The van der Waals surface area contributed by atoms with E-state index in [1.807, 2.05) is 26.0 Å². The van der Waals surface area contributed by atoms with Crippen molar-refractivity contribution >= 4 is 5.97 Å². The number of carbonyl (C=O) groups excluding carboxylic acids is 1. The molecule has 0 atom stereocenters.